The minimum Gasteiger partial charge on any atom is -0.483 e. The summed E-state index contributed by atoms with van der Waals surface area (Å²) in [5, 5.41) is 26.3. The Kier molecular flexibility index (Phi) is 5.29. The number of nitrogens with zero attached hydrogens (tertiary/aromatic N) is 3. The Morgan fingerprint density at radius 3 is 2.86 bits per heavy atom. The van der Waals surface area contributed by atoms with E-state index in [9.17, 15) is 10.2 Å². The second kappa shape index (κ2) is 7.19. The smallest absolute Gasteiger partial charge is 0.290 e. The van der Waals surface area contributed by atoms with E-state index in [2.05, 4.69) is 19.9 Å². The molecule has 22 heavy (non-hydrogen) atoms. The molecule has 3 heterocycles. The first-order valence-electron chi connectivity index (χ1n) is 7.07. The molecule has 8 nitrogen and oxygen atoms in total. The van der Waals surface area contributed by atoms with E-state index in [1.54, 1.807) is 6.33 Å². The third-order valence-electron chi connectivity index (χ3n) is 3.84. The average molecular weight is 308 g/mol. The van der Waals surface area contributed by atoms with Gasteiger partial charge in [-0.05, 0) is 25.3 Å². The van der Waals surface area contributed by atoms with Crippen LogP contribution in [-0.2, 0) is 4.79 Å². The predicted octanol–water partition coefficient (Wildman–Crippen LogP) is 0.372. The van der Waals surface area contributed by atoms with Gasteiger partial charge in [-0.15, -0.1) is 0 Å². The van der Waals surface area contributed by atoms with Crippen LogP contribution in [0.2, 0.25) is 0 Å². The van der Waals surface area contributed by atoms with Gasteiger partial charge in [-0.3, -0.25) is 4.79 Å². The maximum Gasteiger partial charge on any atom is 0.290 e. The molecule has 3 rings (SSSR count). The van der Waals surface area contributed by atoms with Crippen molar-refractivity contribution in [3.63, 3.8) is 0 Å². The first-order valence-corrected chi connectivity index (χ1v) is 7.07. The van der Waals surface area contributed by atoms with Gasteiger partial charge in [-0.2, -0.15) is 0 Å². The van der Waals surface area contributed by atoms with Crippen molar-refractivity contribution in [3.05, 3.63) is 18.6 Å². The number of aromatic nitrogens is 3. The summed E-state index contributed by atoms with van der Waals surface area (Å²) in [7, 11) is 0. The molecule has 0 saturated carbocycles. The van der Waals surface area contributed by atoms with Crippen LogP contribution in [0.15, 0.2) is 18.6 Å². The summed E-state index contributed by atoms with van der Waals surface area (Å²) in [5.41, 5.74) is 0.875. The molecule has 120 valence electrons. The van der Waals surface area contributed by atoms with Crippen molar-refractivity contribution in [2.45, 2.75) is 24.9 Å². The van der Waals surface area contributed by atoms with Gasteiger partial charge in [0.15, 0.2) is 5.82 Å². The molecule has 4 N–H and O–H groups in total. The minimum absolute atomic E-state index is 0.178. The lowest BCUT2D eigenvalue weighted by Gasteiger charge is -2.25. The molecule has 0 spiro atoms. The summed E-state index contributed by atoms with van der Waals surface area (Å²) in [6.45, 7) is 1.08. The van der Waals surface area contributed by atoms with Gasteiger partial charge in [0.25, 0.3) is 6.47 Å². The molecule has 1 aliphatic heterocycles. The number of aromatic amines is 1. The molecule has 0 radical (unpaired) electrons. The number of fused-ring (bicyclic) bond motifs is 1. The quantitative estimate of drug-likeness (QED) is 0.591. The maximum absolute atomic E-state index is 10.2. The molecule has 2 aromatic rings. The van der Waals surface area contributed by atoms with E-state index in [0.717, 1.165) is 29.8 Å². The van der Waals surface area contributed by atoms with E-state index >= 15 is 0 Å². The van der Waals surface area contributed by atoms with Crippen LogP contribution in [-0.4, -0.2) is 62.0 Å². The van der Waals surface area contributed by atoms with Crippen LogP contribution in [0.5, 0.6) is 0 Å². The van der Waals surface area contributed by atoms with Crippen molar-refractivity contribution in [2.75, 3.05) is 24.6 Å². The molecule has 2 aromatic heterocycles. The van der Waals surface area contributed by atoms with Crippen molar-refractivity contribution in [1.29, 1.82) is 0 Å². The number of aliphatic hydroxyl groups excluding tert-OH is 1. The molecular formula is C14H20N4O4. The van der Waals surface area contributed by atoms with Gasteiger partial charge in [-0.1, -0.05) is 0 Å². The van der Waals surface area contributed by atoms with Crippen molar-refractivity contribution in [3.8, 4) is 0 Å². The summed E-state index contributed by atoms with van der Waals surface area (Å²) >= 11 is 0. The molecule has 0 aromatic carbocycles. The largest absolute Gasteiger partial charge is 0.483 e. The molecule has 1 unspecified atom stereocenters. The van der Waals surface area contributed by atoms with Crippen molar-refractivity contribution in [1.82, 2.24) is 15.0 Å². The molecule has 0 bridgehead atoms. The van der Waals surface area contributed by atoms with Gasteiger partial charge in [-0.25, -0.2) is 9.97 Å². The lowest BCUT2D eigenvalue weighted by molar-refractivity contribution is -0.122. The fourth-order valence-electron chi connectivity index (χ4n) is 2.65. The monoisotopic (exact) mass is 308 g/mol. The Labute approximate surface area is 127 Å². The zero-order chi connectivity index (χ0) is 16.0. The third-order valence-corrected chi connectivity index (χ3v) is 3.84. The highest BCUT2D eigenvalue weighted by Gasteiger charge is 2.30. The van der Waals surface area contributed by atoms with Crippen LogP contribution in [0, 0.1) is 0 Å². The first kappa shape index (κ1) is 16.2. The number of aliphatic hydroxyl groups is 2. The summed E-state index contributed by atoms with van der Waals surface area (Å²) in [6, 6.07) is 1.92. The van der Waals surface area contributed by atoms with Crippen molar-refractivity contribution in [2.24, 2.45) is 0 Å². The molecule has 1 atom stereocenters. The van der Waals surface area contributed by atoms with E-state index in [0.29, 0.717) is 19.4 Å². The molecule has 8 heteroatoms. The van der Waals surface area contributed by atoms with Gasteiger partial charge in [0, 0.05) is 19.3 Å². The average Bonchev–Trinajstić information content (AvgIpc) is 2.91. The first-order chi connectivity index (χ1) is 10.6. The Balaban J connectivity index is 0.000000545. The lowest BCUT2D eigenvalue weighted by Crippen LogP contribution is -2.34. The number of nitrogens with one attached hydrogen (secondary N) is 1. The topological polar surface area (TPSA) is 123 Å². The second-order valence-corrected chi connectivity index (χ2v) is 5.26. The SMILES string of the molecule is O=CO.OCC1(O)CCCN(c2ncnc3cc[nH]c23)CC1. The third kappa shape index (κ3) is 3.52. The van der Waals surface area contributed by atoms with Crippen LogP contribution in [0.4, 0.5) is 5.82 Å². The fourth-order valence-corrected chi connectivity index (χ4v) is 2.65. The van der Waals surface area contributed by atoms with Crippen molar-refractivity contribution >= 4 is 23.3 Å². The van der Waals surface area contributed by atoms with Gasteiger partial charge < -0.3 is 25.2 Å². The standard InChI is InChI=1S/C13H18N4O2.CH2O2/c18-8-13(19)3-1-6-17(7-4-13)12-11-10(2-5-14-11)15-9-16-12;2-1-3/h2,5,9,14,18-19H,1,3-4,6-8H2;1H,(H,2,3). The summed E-state index contributed by atoms with van der Waals surface area (Å²) in [6.07, 6.45) is 5.43. The van der Waals surface area contributed by atoms with E-state index in [1.807, 2.05) is 12.3 Å². The summed E-state index contributed by atoms with van der Waals surface area (Å²) in [5.74, 6) is 0.872. The molecule has 0 amide bonds. The number of anilines is 1. The Morgan fingerprint density at radius 1 is 1.36 bits per heavy atom. The van der Waals surface area contributed by atoms with E-state index in [-0.39, 0.29) is 13.1 Å². The number of carboxylic acid groups (broad SMARTS) is 1. The highest BCUT2D eigenvalue weighted by Crippen LogP contribution is 2.27. The van der Waals surface area contributed by atoms with Gasteiger partial charge in [0.05, 0.1) is 17.7 Å². The predicted molar refractivity (Wildman–Crippen MR) is 80.7 cm³/mol. The van der Waals surface area contributed by atoms with Gasteiger partial charge in [0.1, 0.15) is 11.8 Å². The van der Waals surface area contributed by atoms with Crippen LogP contribution in [0.3, 0.4) is 0 Å². The number of hydrogen-bond donors (Lipinski definition) is 4. The zero-order valence-electron chi connectivity index (χ0n) is 12.1. The van der Waals surface area contributed by atoms with E-state index < -0.39 is 5.60 Å². The van der Waals surface area contributed by atoms with Crippen LogP contribution >= 0.6 is 0 Å². The molecule has 0 aliphatic carbocycles. The highest BCUT2D eigenvalue weighted by molar-refractivity contribution is 5.85. The number of rotatable bonds is 2. The molecule has 1 saturated heterocycles. The Bertz CT molecular complexity index is 618. The number of carbonyl (C=O) groups is 1. The second-order valence-electron chi connectivity index (χ2n) is 5.26. The van der Waals surface area contributed by atoms with Crippen LogP contribution < -0.4 is 4.90 Å². The molecule has 1 aliphatic rings. The van der Waals surface area contributed by atoms with Crippen LogP contribution in [0.25, 0.3) is 11.0 Å². The Hall–Kier alpha value is -2.19. The zero-order valence-corrected chi connectivity index (χ0v) is 12.1. The fraction of sp³-hybridized carbons (Fsp3) is 0.500. The summed E-state index contributed by atoms with van der Waals surface area (Å²) in [4.78, 5) is 22.2. The highest BCUT2D eigenvalue weighted by atomic mass is 16.3. The van der Waals surface area contributed by atoms with E-state index in [4.69, 9.17) is 9.90 Å². The minimum atomic E-state index is -0.948. The lowest BCUT2D eigenvalue weighted by atomic mass is 9.96. The van der Waals surface area contributed by atoms with E-state index in [1.165, 1.54) is 0 Å². The van der Waals surface area contributed by atoms with Crippen molar-refractivity contribution < 1.29 is 20.1 Å². The molecule has 1 fully saturated rings. The Morgan fingerprint density at radius 2 is 2.14 bits per heavy atom. The maximum atomic E-state index is 10.2. The molecular weight excluding hydrogens is 288 g/mol. The van der Waals surface area contributed by atoms with Crippen LogP contribution in [0.1, 0.15) is 19.3 Å². The number of hydrogen-bond acceptors (Lipinski definition) is 6. The van der Waals surface area contributed by atoms with Gasteiger partial charge >= 0.3 is 0 Å². The normalized spacial score (nSPS) is 21.8. The van der Waals surface area contributed by atoms with Gasteiger partial charge in [0.2, 0.25) is 0 Å². The summed E-state index contributed by atoms with van der Waals surface area (Å²) < 4.78 is 0. The number of H-pyrrole nitrogens is 1.